The summed E-state index contributed by atoms with van der Waals surface area (Å²) in [7, 11) is 0. The van der Waals surface area contributed by atoms with Gasteiger partial charge in [-0.15, -0.1) is 0 Å². The maximum atomic E-state index is 12.2. The molecule has 1 N–H and O–H groups in total. The molecule has 2 heterocycles. The van der Waals surface area contributed by atoms with Crippen molar-refractivity contribution in [1.82, 2.24) is 14.8 Å². The molecule has 0 bridgehead atoms. The van der Waals surface area contributed by atoms with Crippen molar-refractivity contribution in [1.29, 1.82) is 0 Å². The minimum Gasteiger partial charge on any atom is -0.296 e. The normalized spacial score (nSPS) is 10.9. The smallest absolute Gasteiger partial charge is 0.275 e. The van der Waals surface area contributed by atoms with Crippen LogP contribution in [0.4, 0.5) is 5.13 Å². The Bertz CT molecular complexity index is 780. The molecule has 0 fully saturated rings. The molecule has 3 aromatic rings. The van der Waals surface area contributed by atoms with E-state index in [0.29, 0.717) is 17.4 Å². The maximum Gasteiger partial charge on any atom is 0.275 e. The van der Waals surface area contributed by atoms with Gasteiger partial charge in [0.05, 0.1) is 10.2 Å². The van der Waals surface area contributed by atoms with Gasteiger partial charge in [0.2, 0.25) is 0 Å². The number of anilines is 1. The Hall–Kier alpha value is -1.73. The Labute approximate surface area is 127 Å². The second kappa shape index (κ2) is 5.34. The summed E-state index contributed by atoms with van der Waals surface area (Å²) in [5.41, 5.74) is 1.41. The van der Waals surface area contributed by atoms with Crippen molar-refractivity contribution in [3.63, 3.8) is 0 Å². The first kappa shape index (κ1) is 13.3. The highest BCUT2D eigenvalue weighted by atomic mass is 79.9. The third-order valence-electron chi connectivity index (χ3n) is 2.82. The summed E-state index contributed by atoms with van der Waals surface area (Å²) < 4.78 is 3.67. The number of carbonyl (C=O) groups excluding carboxylic acids is 1. The van der Waals surface area contributed by atoms with Gasteiger partial charge in [0.15, 0.2) is 5.13 Å². The van der Waals surface area contributed by atoms with E-state index in [2.05, 4.69) is 31.3 Å². The van der Waals surface area contributed by atoms with E-state index in [1.165, 1.54) is 11.3 Å². The van der Waals surface area contributed by atoms with Gasteiger partial charge in [-0.1, -0.05) is 27.3 Å². The lowest BCUT2D eigenvalue weighted by molar-refractivity contribution is 0.101. The molecule has 0 saturated heterocycles. The van der Waals surface area contributed by atoms with Crippen LogP contribution in [0.5, 0.6) is 0 Å². The molecule has 0 saturated carbocycles. The largest absolute Gasteiger partial charge is 0.296 e. The van der Waals surface area contributed by atoms with Crippen LogP contribution in [0.2, 0.25) is 0 Å². The highest BCUT2D eigenvalue weighted by molar-refractivity contribution is 9.10. The summed E-state index contributed by atoms with van der Waals surface area (Å²) in [5.74, 6) is -0.192. The van der Waals surface area contributed by atoms with Gasteiger partial charge in [-0.2, -0.15) is 5.10 Å². The molecule has 2 aromatic heterocycles. The zero-order valence-electron chi connectivity index (χ0n) is 10.6. The molecule has 0 aliphatic heterocycles. The van der Waals surface area contributed by atoms with Crippen LogP contribution in [0.3, 0.4) is 0 Å². The third kappa shape index (κ3) is 2.46. The number of nitrogens with one attached hydrogen (secondary N) is 1. The lowest BCUT2D eigenvalue weighted by Gasteiger charge is -2.03. The molecule has 3 rings (SSSR count). The quantitative estimate of drug-likeness (QED) is 0.785. The molecule has 0 aliphatic rings. The van der Waals surface area contributed by atoms with Crippen LogP contribution in [0, 0.1) is 0 Å². The molecule has 102 valence electrons. The lowest BCUT2D eigenvalue weighted by Crippen LogP contribution is -2.17. The molecule has 20 heavy (non-hydrogen) atoms. The van der Waals surface area contributed by atoms with Gasteiger partial charge in [-0.25, -0.2) is 4.98 Å². The molecule has 7 heteroatoms. The van der Waals surface area contributed by atoms with E-state index in [4.69, 9.17) is 0 Å². The van der Waals surface area contributed by atoms with Crippen molar-refractivity contribution >= 4 is 48.5 Å². The van der Waals surface area contributed by atoms with Crippen LogP contribution in [0.15, 0.2) is 34.9 Å². The Morgan fingerprint density at radius 1 is 1.45 bits per heavy atom. The number of aromatic nitrogens is 3. The first-order chi connectivity index (χ1) is 9.67. The van der Waals surface area contributed by atoms with Crippen molar-refractivity contribution in [3.05, 3.63) is 40.6 Å². The summed E-state index contributed by atoms with van der Waals surface area (Å²) in [6, 6.07) is 7.53. The van der Waals surface area contributed by atoms with Gasteiger partial charge in [0.1, 0.15) is 5.69 Å². The van der Waals surface area contributed by atoms with Crippen LogP contribution in [-0.4, -0.2) is 20.7 Å². The molecular formula is C13H11BrN4OS. The van der Waals surface area contributed by atoms with E-state index in [9.17, 15) is 4.79 Å². The predicted molar refractivity (Wildman–Crippen MR) is 83.2 cm³/mol. The Morgan fingerprint density at radius 3 is 3.10 bits per heavy atom. The predicted octanol–water partition coefficient (Wildman–Crippen LogP) is 3.53. The fourth-order valence-corrected chi connectivity index (χ4v) is 3.30. The van der Waals surface area contributed by atoms with E-state index in [1.807, 2.05) is 25.1 Å². The van der Waals surface area contributed by atoms with Gasteiger partial charge in [-0.05, 0) is 31.2 Å². The number of aryl methyl sites for hydroxylation is 1. The second-order valence-corrected chi connectivity index (χ2v) is 6.06. The van der Waals surface area contributed by atoms with Gasteiger partial charge < -0.3 is 0 Å². The highest BCUT2D eigenvalue weighted by Gasteiger charge is 2.13. The highest BCUT2D eigenvalue weighted by Crippen LogP contribution is 2.28. The van der Waals surface area contributed by atoms with Crippen LogP contribution < -0.4 is 5.32 Å². The standard InChI is InChI=1S/C13H11BrN4OS/c1-2-18-10(5-6-15-18)12(19)17-13-16-9-4-3-8(14)7-11(9)20-13/h3-7H,2H2,1H3,(H,16,17,19). The number of halogens is 1. The zero-order valence-corrected chi connectivity index (χ0v) is 13.0. The van der Waals surface area contributed by atoms with Crippen LogP contribution in [0.25, 0.3) is 10.2 Å². The van der Waals surface area contributed by atoms with Crippen LogP contribution in [-0.2, 0) is 6.54 Å². The fourth-order valence-electron chi connectivity index (χ4n) is 1.89. The summed E-state index contributed by atoms with van der Waals surface area (Å²) >= 11 is 4.87. The summed E-state index contributed by atoms with van der Waals surface area (Å²) in [6.45, 7) is 2.60. The second-order valence-electron chi connectivity index (χ2n) is 4.12. The van der Waals surface area contributed by atoms with Gasteiger partial charge in [-0.3, -0.25) is 14.8 Å². The zero-order chi connectivity index (χ0) is 14.1. The van der Waals surface area contributed by atoms with Crippen LogP contribution >= 0.6 is 27.3 Å². The number of hydrogen-bond donors (Lipinski definition) is 1. The molecule has 0 unspecified atom stereocenters. The fraction of sp³-hybridized carbons (Fsp3) is 0.154. The van der Waals surface area contributed by atoms with Gasteiger partial charge >= 0.3 is 0 Å². The number of nitrogens with zero attached hydrogens (tertiary/aromatic N) is 3. The number of thiazole rings is 1. The van der Waals surface area contributed by atoms with Crippen molar-refractivity contribution in [3.8, 4) is 0 Å². The number of rotatable bonds is 3. The van der Waals surface area contributed by atoms with E-state index in [1.54, 1.807) is 16.9 Å². The van der Waals surface area contributed by atoms with E-state index in [0.717, 1.165) is 14.7 Å². The number of amides is 1. The Balaban J connectivity index is 1.87. The molecule has 5 nitrogen and oxygen atoms in total. The minimum absolute atomic E-state index is 0.192. The van der Waals surface area contributed by atoms with Crippen molar-refractivity contribution in [2.24, 2.45) is 0 Å². The molecule has 0 aliphatic carbocycles. The first-order valence-electron chi connectivity index (χ1n) is 6.06. The van der Waals surface area contributed by atoms with Gasteiger partial charge in [0, 0.05) is 17.2 Å². The lowest BCUT2D eigenvalue weighted by atomic mass is 10.3. The minimum atomic E-state index is -0.192. The Kier molecular flexibility index (Phi) is 3.54. The number of benzene rings is 1. The molecule has 0 atom stereocenters. The summed E-state index contributed by atoms with van der Waals surface area (Å²) in [4.78, 5) is 16.6. The summed E-state index contributed by atoms with van der Waals surface area (Å²) in [5, 5.41) is 7.49. The van der Waals surface area contributed by atoms with E-state index in [-0.39, 0.29) is 5.91 Å². The number of carbonyl (C=O) groups is 1. The average Bonchev–Trinajstić information content (AvgIpc) is 3.03. The first-order valence-corrected chi connectivity index (χ1v) is 7.67. The SMILES string of the molecule is CCn1nccc1C(=O)Nc1nc2ccc(Br)cc2s1. The van der Waals surface area contributed by atoms with E-state index < -0.39 is 0 Å². The average molecular weight is 351 g/mol. The summed E-state index contributed by atoms with van der Waals surface area (Å²) in [6.07, 6.45) is 1.62. The Morgan fingerprint density at radius 2 is 2.30 bits per heavy atom. The van der Waals surface area contributed by atoms with Crippen molar-refractivity contribution in [2.45, 2.75) is 13.5 Å². The van der Waals surface area contributed by atoms with E-state index >= 15 is 0 Å². The molecule has 0 radical (unpaired) electrons. The maximum absolute atomic E-state index is 12.2. The molecule has 1 aromatic carbocycles. The molecular weight excluding hydrogens is 340 g/mol. The monoisotopic (exact) mass is 350 g/mol. The topological polar surface area (TPSA) is 59.8 Å². The van der Waals surface area contributed by atoms with Gasteiger partial charge in [0.25, 0.3) is 5.91 Å². The number of hydrogen-bond acceptors (Lipinski definition) is 4. The molecule has 0 spiro atoms. The van der Waals surface area contributed by atoms with Crippen molar-refractivity contribution < 1.29 is 4.79 Å². The van der Waals surface area contributed by atoms with Crippen LogP contribution in [0.1, 0.15) is 17.4 Å². The molecule has 1 amide bonds. The van der Waals surface area contributed by atoms with Crippen molar-refractivity contribution in [2.75, 3.05) is 5.32 Å². The third-order valence-corrected chi connectivity index (χ3v) is 4.25. The number of fused-ring (bicyclic) bond motifs is 1.